The first-order valence-corrected chi connectivity index (χ1v) is 4.62. The highest BCUT2D eigenvalue weighted by atomic mass is 16.5. The number of hydrogen-bond donors (Lipinski definition) is 0. The van der Waals surface area contributed by atoms with Gasteiger partial charge >= 0.3 is 0 Å². The van der Waals surface area contributed by atoms with Crippen molar-refractivity contribution in [1.82, 2.24) is 4.90 Å². The molecule has 1 saturated heterocycles. The second kappa shape index (κ2) is 4.45. The summed E-state index contributed by atoms with van der Waals surface area (Å²) in [6.07, 6.45) is 1.86. The summed E-state index contributed by atoms with van der Waals surface area (Å²) in [6, 6.07) is 0. The standard InChI is InChI=1S/C9H17NO2/c1-3-5-10-7-12-6-4-8(2)9(10)11/h8H,3-7H2,1-2H3. The molecule has 0 aliphatic carbocycles. The fourth-order valence-corrected chi connectivity index (χ4v) is 1.38. The molecule has 1 atom stereocenters. The summed E-state index contributed by atoms with van der Waals surface area (Å²) in [5.41, 5.74) is 0. The van der Waals surface area contributed by atoms with Crippen LogP contribution in [0.4, 0.5) is 0 Å². The zero-order chi connectivity index (χ0) is 8.97. The van der Waals surface area contributed by atoms with Gasteiger partial charge in [0.05, 0.1) is 0 Å². The highest BCUT2D eigenvalue weighted by Crippen LogP contribution is 2.12. The third-order valence-corrected chi connectivity index (χ3v) is 2.17. The average Bonchev–Trinajstić information content (AvgIpc) is 2.20. The van der Waals surface area contributed by atoms with Gasteiger partial charge in [0, 0.05) is 19.1 Å². The van der Waals surface area contributed by atoms with Crippen LogP contribution in [0, 0.1) is 5.92 Å². The number of amides is 1. The molecule has 0 bridgehead atoms. The average molecular weight is 171 g/mol. The molecule has 12 heavy (non-hydrogen) atoms. The molecule has 3 heteroatoms. The number of ether oxygens (including phenoxy) is 1. The minimum absolute atomic E-state index is 0.138. The molecule has 1 aliphatic rings. The van der Waals surface area contributed by atoms with Crippen molar-refractivity contribution in [2.24, 2.45) is 5.92 Å². The van der Waals surface area contributed by atoms with E-state index >= 15 is 0 Å². The monoisotopic (exact) mass is 171 g/mol. The van der Waals surface area contributed by atoms with Gasteiger partial charge in [0.15, 0.2) is 0 Å². The normalized spacial score (nSPS) is 25.7. The first-order valence-electron chi connectivity index (χ1n) is 4.62. The molecule has 0 aromatic carbocycles. The van der Waals surface area contributed by atoms with Crippen LogP contribution in [0.3, 0.4) is 0 Å². The Morgan fingerprint density at radius 2 is 2.42 bits per heavy atom. The third-order valence-electron chi connectivity index (χ3n) is 2.17. The predicted molar refractivity (Wildman–Crippen MR) is 46.6 cm³/mol. The van der Waals surface area contributed by atoms with Crippen LogP contribution in [0.25, 0.3) is 0 Å². The molecular weight excluding hydrogens is 154 g/mol. The minimum Gasteiger partial charge on any atom is -0.361 e. The Kier molecular flexibility index (Phi) is 3.53. The van der Waals surface area contributed by atoms with Crippen LogP contribution >= 0.6 is 0 Å². The Labute approximate surface area is 73.7 Å². The van der Waals surface area contributed by atoms with Gasteiger partial charge in [-0.1, -0.05) is 13.8 Å². The molecular formula is C9H17NO2. The molecule has 0 aromatic heterocycles. The summed E-state index contributed by atoms with van der Waals surface area (Å²) in [5, 5.41) is 0. The van der Waals surface area contributed by atoms with Crippen molar-refractivity contribution >= 4 is 5.91 Å². The maximum atomic E-state index is 11.6. The lowest BCUT2D eigenvalue weighted by molar-refractivity contribution is -0.137. The van der Waals surface area contributed by atoms with Gasteiger partial charge in [0.2, 0.25) is 5.91 Å². The Morgan fingerprint density at radius 1 is 1.67 bits per heavy atom. The molecule has 1 fully saturated rings. The molecule has 1 aliphatic heterocycles. The summed E-state index contributed by atoms with van der Waals surface area (Å²) < 4.78 is 5.31. The van der Waals surface area contributed by atoms with E-state index in [1.165, 1.54) is 0 Å². The van der Waals surface area contributed by atoms with E-state index < -0.39 is 0 Å². The second-order valence-electron chi connectivity index (χ2n) is 3.33. The van der Waals surface area contributed by atoms with Gasteiger partial charge in [-0.25, -0.2) is 0 Å². The Hall–Kier alpha value is -0.570. The van der Waals surface area contributed by atoms with E-state index in [2.05, 4.69) is 6.92 Å². The largest absolute Gasteiger partial charge is 0.361 e. The van der Waals surface area contributed by atoms with Gasteiger partial charge < -0.3 is 9.64 Å². The van der Waals surface area contributed by atoms with Crippen LogP contribution in [0.15, 0.2) is 0 Å². The second-order valence-corrected chi connectivity index (χ2v) is 3.33. The van der Waals surface area contributed by atoms with E-state index in [0.717, 1.165) is 19.4 Å². The van der Waals surface area contributed by atoms with Crippen molar-refractivity contribution in [3.8, 4) is 0 Å². The quantitative estimate of drug-likeness (QED) is 0.625. The molecule has 1 heterocycles. The van der Waals surface area contributed by atoms with E-state index in [1.807, 2.05) is 6.92 Å². The van der Waals surface area contributed by atoms with Crippen LogP contribution in [0.2, 0.25) is 0 Å². The summed E-state index contributed by atoms with van der Waals surface area (Å²) in [4.78, 5) is 13.4. The van der Waals surface area contributed by atoms with Crippen LogP contribution in [-0.2, 0) is 9.53 Å². The fraction of sp³-hybridized carbons (Fsp3) is 0.889. The SMILES string of the molecule is CCCN1COCCC(C)C1=O. The Morgan fingerprint density at radius 3 is 3.08 bits per heavy atom. The van der Waals surface area contributed by atoms with Crippen LogP contribution in [-0.4, -0.2) is 30.7 Å². The third kappa shape index (κ3) is 2.21. The lowest BCUT2D eigenvalue weighted by Crippen LogP contribution is -2.35. The van der Waals surface area contributed by atoms with Crippen LogP contribution in [0.5, 0.6) is 0 Å². The smallest absolute Gasteiger partial charge is 0.227 e. The van der Waals surface area contributed by atoms with Crippen molar-refractivity contribution in [2.45, 2.75) is 26.7 Å². The predicted octanol–water partition coefficient (Wildman–Crippen LogP) is 1.24. The first kappa shape index (κ1) is 9.52. The molecule has 0 saturated carbocycles. The number of carbonyl (C=O) groups excluding carboxylic acids is 1. The van der Waals surface area contributed by atoms with E-state index in [-0.39, 0.29) is 11.8 Å². The summed E-state index contributed by atoms with van der Waals surface area (Å²) >= 11 is 0. The Bertz CT molecular complexity index is 159. The van der Waals surface area contributed by atoms with Gasteiger partial charge in [0.1, 0.15) is 6.73 Å². The summed E-state index contributed by atoms with van der Waals surface area (Å²) in [5.74, 6) is 0.383. The molecule has 1 unspecified atom stereocenters. The topological polar surface area (TPSA) is 29.5 Å². The maximum Gasteiger partial charge on any atom is 0.227 e. The van der Waals surface area contributed by atoms with E-state index in [1.54, 1.807) is 4.90 Å². The van der Waals surface area contributed by atoms with Crippen molar-refractivity contribution in [2.75, 3.05) is 19.9 Å². The molecule has 3 nitrogen and oxygen atoms in total. The Balaban J connectivity index is 2.52. The van der Waals surface area contributed by atoms with E-state index in [0.29, 0.717) is 13.3 Å². The van der Waals surface area contributed by atoms with Crippen LogP contribution < -0.4 is 0 Å². The zero-order valence-electron chi connectivity index (χ0n) is 7.88. The number of nitrogens with zero attached hydrogens (tertiary/aromatic N) is 1. The number of rotatable bonds is 2. The fourth-order valence-electron chi connectivity index (χ4n) is 1.38. The summed E-state index contributed by atoms with van der Waals surface area (Å²) in [7, 11) is 0. The summed E-state index contributed by atoms with van der Waals surface area (Å²) in [6.45, 7) is 6.07. The molecule has 1 rings (SSSR count). The van der Waals surface area contributed by atoms with Crippen molar-refractivity contribution in [3.05, 3.63) is 0 Å². The van der Waals surface area contributed by atoms with Gasteiger partial charge in [-0.05, 0) is 12.8 Å². The molecule has 70 valence electrons. The maximum absolute atomic E-state index is 11.6. The van der Waals surface area contributed by atoms with Gasteiger partial charge in [-0.2, -0.15) is 0 Å². The molecule has 1 amide bonds. The van der Waals surface area contributed by atoms with Crippen molar-refractivity contribution < 1.29 is 9.53 Å². The van der Waals surface area contributed by atoms with Gasteiger partial charge in [-0.3, -0.25) is 4.79 Å². The van der Waals surface area contributed by atoms with E-state index in [9.17, 15) is 4.79 Å². The molecule has 0 radical (unpaired) electrons. The van der Waals surface area contributed by atoms with Crippen molar-refractivity contribution in [1.29, 1.82) is 0 Å². The minimum atomic E-state index is 0.138. The van der Waals surface area contributed by atoms with Gasteiger partial charge in [-0.15, -0.1) is 0 Å². The number of carbonyl (C=O) groups is 1. The molecule has 0 N–H and O–H groups in total. The lowest BCUT2D eigenvalue weighted by atomic mass is 10.1. The van der Waals surface area contributed by atoms with E-state index in [4.69, 9.17) is 4.74 Å². The highest BCUT2D eigenvalue weighted by Gasteiger charge is 2.22. The van der Waals surface area contributed by atoms with Crippen molar-refractivity contribution in [3.63, 3.8) is 0 Å². The number of hydrogen-bond acceptors (Lipinski definition) is 2. The lowest BCUT2D eigenvalue weighted by Gasteiger charge is -2.20. The van der Waals surface area contributed by atoms with Gasteiger partial charge in [0.25, 0.3) is 0 Å². The zero-order valence-corrected chi connectivity index (χ0v) is 7.88. The first-order chi connectivity index (χ1) is 5.75. The molecule has 0 aromatic rings. The van der Waals surface area contributed by atoms with Crippen LogP contribution in [0.1, 0.15) is 26.7 Å². The molecule has 0 spiro atoms. The highest BCUT2D eigenvalue weighted by molar-refractivity contribution is 5.78.